The fourth-order valence-electron chi connectivity index (χ4n) is 1.44. The Balaban J connectivity index is 2.46. The zero-order chi connectivity index (χ0) is 12.0. The van der Waals surface area contributed by atoms with E-state index in [0.29, 0.717) is 24.0 Å². The van der Waals surface area contributed by atoms with Gasteiger partial charge in [-0.3, -0.25) is 0 Å². The van der Waals surface area contributed by atoms with Crippen LogP contribution in [0, 0.1) is 5.92 Å². The molecule has 0 fully saturated rings. The largest absolute Gasteiger partial charge is 0.497 e. The van der Waals surface area contributed by atoms with Crippen molar-refractivity contribution >= 4 is 5.69 Å². The zero-order valence-corrected chi connectivity index (χ0v) is 10.3. The van der Waals surface area contributed by atoms with Crippen molar-refractivity contribution in [1.29, 1.82) is 0 Å². The predicted molar refractivity (Wildman–Crippen MR) is 67.0 cm³/mol. The number of benzene rings is 1. The molecular formula is C13H21NO2. The van der Waals surface area contributed by atoms with Crippen molar-refractivity contribution in [3.8, 4) is 11.5 Å². The maximum Gasteiger partial charge on any atom is 0.145 e. The lowest BCUT2D eigenvalue weighted by molar-refractivity contribution is 0.297. The Morgan fingerprint density at radius 3 is 2.69 bits per heavy atom. The van der Waals surface area contributed by atoms with Gasteiger partial charge in [0, 0.05) is 6.07 Å². The van der Waals surface area contributed by atoms with Crippen molar-refractivity contribution in [1.82, 2.24) is 0 Å². The van der Waals surface area contributed by atoms with Crippen LogP contribution >= 0.6 is 0 Å². The van der Waals surface area contributed by atoms with E-state index in [-0.39, 0.29) is 0 Å². The van der Waals surface area contributed by atoms with Gasteiger partial charge in [0.05, 0.1) is 19.4 Å². The van der Waals surface area contributed by atoms with Crippen LogP contribution in [0.25, 0.3) is 0 Å². The van der Waals surface area contributed by atoms with Crippen molar-refractivity contribution in [2.45, 2.75) is 26.7 Å². The molecule has 1 aromatic carbocycles. The maximum atomic E-state index is 5.81. The van der Waals surface area contributed by atoms with Gasteiger partial charge in [-0.15, -0.1) is 0 Å². The van der Waals surface area contributed by atoms with Crippen molar-refractivity contribution < 1.29 is 9.47 Å². The van der Waals surface area contributed by atoms with Gasteiger partial charge >= 0.3 is 0 Å². The van der Waals surface area contributed by atoms with Gasteiger partial charge in [0.25, 0.3) is 0 Å². The normalized spacial score (nSPS) is 10.5. The van der Waals surface area contributed by atoms with Gasteiger partial charge in [-0.1, -0.05) is 13.8 Å². The number of anilines is 1. The van der Waals surface area contributed by atoms with Crippen LogP contribution in [-0.2, 0) is 0 Å². The highest BCUT2D eigenvalue weighted by molar-refractivity contribution is 5.55. The summed E-state index contributed by atoms with van der Waals surface area (Å²) in [5, 5.41) is 0. The lowest BCUT2D eigenvalue weighted by Gasteiger charge is -2.11. The minimum Gasteiger partial charge on any atom is -0.497 e. The first-order chi connectivity index (χ1) is 7.63. The zero-order valence-electron chi connectivity index (χ0n) is 10.3. The second-order valence-electron chi connectivity index (χ2n) is 4.29. The lowest BCUT2D eigenvalue weighted by atomic mass is 10.1. The van der Waals surface area contributed by atoms with Crippen LogP contribution in [0.2, 0.25) is 0 Å². The lowest BCUT2D eigenvalue weighted by Crippen LogP contribution is -2.02. The van der Waals surface area contributed by atoms with E-state index in [2.05, 4.69) is 13.8 Å². The summed E-state index contributed by atoms with van der Waals surface area (Å²) in [6, 6.07) is 5.46. The molecule has 0 aliphatic carbocycles. The molecule has 0 aromatic heterocycles. The highest BCUT2D eigenvalue weighted by Crippen LogP contribution is 2.26. The standard InChI is InChI=1S/C13H21NO2/c1-10(2)5-4-8-16-13-9-11(15-3)6-7-12(13)14/h6-7,9-10H,4-5,8,14H2,1-3H3. The van der Waals surface area contributed by atoms with Crippen molar-refractivity contribution in [2.75, 3.05) is 19.5 Å². The van der Waals surface area contributed by atoms with Gasteiger partial charge in [-0.25, -0.2) is 0 Å². The van der Waals surface area contributed by atoms with Gasteiger partial charge in [0.2, 0.25) is 0 Å². The summed E-state index contributed by atoms with van der Waals surface area (Å²) in [6.45, 7) is 5.12. The predicted octanol–water partition coefficient (Wildman–Crippen LogP) is 3.09. The number of ether oxygens (including phenoxy) is 2. The topological polar surface area (TPSA) is 44.5 Å². The van der Waals surface area contributed by atoms with Crippen LogP contribution in [0.4, 0.5) is 5.69 Å². The van der Waals surface area contributed by atoms with E-state index in [1.807, 2.05) is 12.1 Å². The van der Waals surface area contributed by atoms with Gasteiger partial charge < -0.3 is 15.2 Å². The molecule has 3 heteroatoms. The Bertz CT molecular complexity index is 324. The highest BCUT2D eigenvalue weighted by Gasteiger charge is 2.02. The summed E-state index contributed by atoms with van der Waals surface area (Å²) in [5.74, 6) is 2.20. The molecular weight excluding hydrogens is 202 g/mol. The molecule has 0 radical (unpaired) electrons. The second kappa shape index (κ2) is 6.26. The van der Waals surface area contributed by atoms with Crippen LogP contribution in [0.15, 0.2) is 18.2 Å². The second-order valence-corrected chi connectivity index (χ2v) is 4.29. The van der Waals surface area contributed by atoms with E-state index in [4.69, 9.17) is 15.2 Å². The Hall–Kier alpha value is -1.38. The minimum absolute atomic E-state index is 0.658. The van der Waals surface area contributed by atoms with E-state index >= 15 is 0 Å². The molecule has 0 saturated carbocycles. The first-order valence-corrected chi connectivity index (χ1v) is 5.69. The molecule has 0 amide bonds. The maximum absolute atomic E-state index is 5.81. The number of hydrogen-bond donors (Lipinski definition) is 1. The van der Waals surface area contributed by atoms with Gasteiger partial charge in [-0.05, 0) is 30.9 Å². The summed E-state index contributed by atoms with van der Waals surface area (Å²) >= 11 is 0. The summed E-state index contributed by atoms with van der Waals surface area (Å²) < 4.78 is 10.7. The molecule has 90 valence electrons. The third-order valence-electron chi connectivity index (χ3n) is 2.40. The molecule has 1 rings (SSSR count). The van der Waals surface area contributed by atoms with Crippen molar-refractivity contribution in [3.05, 3.63) is 18.2 Å². The molecule has 3 nitrogen and oxygen atoms in total. The third kappa shape index (κ3) is 4.01. The Morgan fingerprint density at radius 2 is 2.06 bits per heavy atom. The molecule has 0 saturated heterocycles. The molecule has 0 bridgehead atoms. The van der Waals surface area contributed by atoms with Gasteiger partial charge in [0.1, 0.15) is 11.5 Å². The molecule has 0 unspecified atom stereocenters. The monoisotopic (exact) mass is 223 g/mol. The average Bonchev–Trinajstić information content (AvgIpc) is 2.26. The first kappa shape index (κ1) is 12.7. The molecule has 2 N–H and O–H groups in total. The van der Waals surface area contributed by atoms with Crippen LogP contribution in [-0.4, -0.2) is 13.7 Å². The molecule has 1 aromatic rings. The van der Waals surface area contributed by atoms with Crippen LogP contribution < -0.4 is 15.2 Å². The molecule has 0 aliphatic heterocycles. The molecule has 0 heterocycles. The van der Waals surface area contributed by atoms with E-state index in [0.717, 1.165) is 12.2 Å². The van der Waals surface area contributed by atoms with Crippen LogP contribution in [0.3, 0.4) is 0 Å². The fraction of sp³-hybridized carbons (Fsp3) is 0.538. The van der Waals surface area contributed by atoms with Crippen LogP contribution in [0.1, 0.15) is 26.7 Å². The molecule has 0 aliphatic rings. The first-order valence-electron chi connectivity index (χ1n) is 5.69. The van der Waals surface area contributed by atoms with Crippen molar-refractivity contribution in [2.24, 2.45) is 5.92 Å². The molecule has 0 spiro atoms. The highest BCUT2D eigenvalue weighted by atomic mass is 16.5. The number of nitrogens with two attached hydrogens (primary N) is 1. The van der Waals surface area contributed by atoms with E-state index in [1.165, 1.54) is 6.42 Å². The summed E-state index contributed by atoms with van der Waals surface area (Å²) in [6.07, 6.45) is 2.22. The summed E-state index contributed by atoms with van der Waals surface area (Å²) in [7, 11) is 1.63. The van der Waals surface area contributed by atoms with Gasteiger partial charge in [0.15, 0.2) is 0 Å². The Labute approximate surface area is 97.6 Å². The Kier molecular flexibility index (Phi) is 4.96. The molecule has 0 atom stereocenters. The smallest absolute Gasteiger partial charge is 0.145 e. The molecule has 16 heavy (non-hydrogen) atoms. The fourth-order valence-corrected chi connectivity index (χ4v) is 1.44. The summed E-state index contributed by atoms with van der Waals surface area (Å²) in [4.78, 5) is 0. The van der Waals surface area contributed by atoms with E-state index in [9.17, 15) is 0 Å². The third-order valence-corrected chi connectivity index (χ3v) is 2.40. The number of nitrogen functional groups attached to an aromatic ring is 1. The minimum atomic E-state index is 0.658. The van der Waals surface area contributed by atoms with E-state index < -0.39 is 0 Å². The quantitative estimate of drug-likeness (QED) is 0.595. The van der Waals surface area contributed by atoms with Crippen LogP contribution in [0.5, 0.6) is 11.5 Å². The number of hydrogen-bond acceptors (Lipinski definition) is 3. The summed E-state index contributed by atoms with van der Waals surface area (Å²) in [5.41, 5.74) is 6.46. The number of rotatable bonds is 6. The van der Waals surface area contributed by atoms with Gasteiger partial charge in [-0.2, -0.15) is 0 Å². The van der Waals surface area contributed by atoms with E-state index in [1.54, 1.807) is 13.2 Å². The van der Waals surface area contributed by atoms with Crippen molar-refractivity contribution in [3.63, 3.8) is 0 Å². The number of methoxy groups -OCH3 is 1. The Morgan fingerprint density at radius 1 is 1.31 bits per heavy atom. The average molecular weight is 223 g/mol. The SMILES string of the molecule is COc1ccc(N)c(OCCCC(C)C)c1.